The van der Waals surface area contributed by atoms with Gasteiger partial charge in [0.1, 0.15) is 0 Å². The lowest BCUT2D eigenvalue weighted by molar-refractivity contribution is -0.142. The van der Waals surface area contributed by atoms with Gasteiger partial charge < -0.3 is 15.4 Å². The maximum atomic E-state index is 11.8. The fourth-order valence-electron chi connectivity index (χ4n) is 1.92. The minimum atomic E-state index is -0.598. The van der Waals surface area contributed by atoms with Gasteiger partial charge in [0.15, 0.2) is 6.61 Å². The van der Waals surface area contributed by atoms with Crippen molar-refractivity contribution in [2.45, 2.75) is 6.92 Å². The van der Waals surface area contributed by atoms with Gasteiger partial charge in [0, 0.05) is 28.7 Å². The number of hydrogen-bond acceptors (Lipinski definition) is 5. The number of nitrogens with one attached hydrogen (secondary N) is 2. The van der Waals surface area contributed by atoms with Crippen LogP contribution < -0.4 is 10.6 Å². The maximum Gasteiger partial charge on any atom is 0.331 e. The molecule has 2 rings (SSSR count). The average molecular weight is 358 g/mol. The SMILES string of the molecule is CCNC(=O)c1cccc(NC(=O)COC(=O)/C=C/c2cccs2)c1. The molecule has 2 N–H and O–H groups in total. The van der Waals surface area contributed by atoms with Crippen LogP contribution in [0.4, 0.5) is 5.69 Å². The minimum Gasteiger partial charge on any atom is -0.452 e. The first-order chi connectivity index (χ1) is 12.1. The zero-order chi connectivity index (χ0) is 18.1. The zero-order valence-corrected chi connectivity index (χ0v) is 14.5. The van der Waals surface area contributed by atoms with Gasteiger partial charge in [-0.1, -0.05) is 12.1 Å². The van der Waals surface area contributed by atoms with Crippen LogP contribution in [0.1, 0.15) is 22.2 Å². The average Bonchev–Trinajstić information content (AvgIpc) is 3.12. The van der Waals surface area contributed by atoms with Crippen molar-refractivity contribution in [3.63, 3.8) is 0 Å². The summed E-state index contributed by atoms with van der Waals surface area (Å²) in [6.45, 7) is 1.94. The maximum absolute atomic E-state index is 11.8. The molecule has 1 aromatic carbocycles. The molecule has 0 fully saturated rings. The summed E-state index contributed by atoms with van der Waals surface area (Å²) in [6, 6.07) is 10.3. The minimum absolute atomic E-state index is 0.219. The van der Waals surface area contributed by atoms with Crippen LogP contribution in [0.15, 0.2) is 47.9 Å². The summed E-state index contributed by atoms with van der Waals surface area (Å²) in [5.41, 5.74) is 0.898. The summed E-state index contributed by atoms with van der Waals surface area (Å²) < 4.78 is 4.88. The Morgan fingerprint density at radius 1 is 1.20 bits per heavy atom. The number of esters is 1. The summed E-state index contributed by atoms with van der Waals surface area (Å²) in [6.07, 6.45) is 2.90. The highest BCUT2D eigenvalue weighted by molar-refractivity contribution is 7.10. The standard InChI is InChI=1S/C18H18N2O4S/c1-2-19-18(23)13-5-3-6-14(11-13)20-16(21)12-24-17(22)9-8-15-7-4-10-25-15/h3-11H,2,12H2,1H3,(H,19,23)(H,20,21)/b9-8+. The lowest BCUT2D eigenvalue weighted by Crippen LogP contribution is -2.23. The molecule has 1 heterocycles. The molecule has 25 heavy (non-hydrogen) atoms. The molecule has 0 aliphatic carbocycles. The van der Waals surface area contributed by atoms with Gasteiger partial charge in [0.05, 0.1) is 0 Å². The quantitative estimate of drug-likeness (QED) is 0.589. The Bertz CT molecular complexity index is 769. The second-order valence-electron chi connectivity index (χ2n) is 4.94. The second kappa shape index (κ2) is 9.39. The molecular weight excluding hydrogens is 340 g/mol. The lowest BCUT2D eigenvalue weighted by atomic mass is 10.2. The van der Waals surface area contributed by atoms with Gasteiger partial charge >= 0.3 is 5.97 Å². The molecule has 0 spiro atoms. The van der Waals surface area contributed by atoms with Gasteiger partial charge in [0.25, 0.3) is 11.8 Å². The van der Waals surface area contributed by atoms with Gasteiger partial charge in [-0.15, -0.1) is 11.3 Å². The van der Waals surface area contributed by atoms with Crippen LogP contribution in [-0.4, -0.2) is 30.9 Å². The molecule has 0 radical (unpaired) electrons. The Kier molecular flexibility index (Phi) is 6.91. The van der Waals surface area contributed by atoms with Crippen molar-refractivity contribution in [1.82, 2.24) is 5.32 Å². The number of ether oxygens (including phenoxy) is 1. The van der Waals surface area contributed by atoms with E-state index >= 15 is 0 Å². The van der Waals surface area contributed by atoms with Gasteiger partial charge in [-0.25, -0.2) is 4.79 Å². The normalized spacial score (nSPS) is 10.4. The van der Waals surface area contributed by atoms with Crippen molar-refractivity contribution in [2.75, 3.05) is 18.5 Å². The van der Waals surface area contributed by atoms with Gasteiger partial charge in [-0.3, -0.25) is 9.59 Å². The number of rotatable bonds is 7. The molecule has 0 aliphatic heterocycles. The molecule has 6 nitrogen and oxygen atoms in total. The fraction of sp³-hybridized carbons (Fsp3) is 0.167. The number of thiophene rings is 1. The van der Waals surface area contributed by atoms with Crippen LogP contribution in [0, 0.1) is 0 Å². The van der Waals surface area contributed by atoms with Crippen molar-refractivity contribution in [1.29, 1.82) is 0 Å². The highest BCUT2D eigenvalue weighted by atomic mass is 32.1. The fourth-order valence-corrected chi connectivity index (χ4v) is 2.54. The summed E-state index contributed by atoms with van der Waals surface area (Å²) >= 11 is 1.49. The van der Waals surface area contributed by atoms with E-state index in [2.05, 4.69) is 10.6 Å². The molecule has 0 aliphatic rings. The monoisotopic (exact) mass is 358 g/mol. The first kappa shape index (κ1) is 18.4. The van der Waals surface area contributed by atoms with Crippen molar-refractivity contribution in [2.24, 2.45) is 0 Å². The number of anilines is 1. The molecule has 130 valence electrons. The molecule has 0 saturated heterocycles. The van der Waals surface area contributed by atoms with E-state index in [0.717, 1.165) is 4.88 Å². The van der Waals surface area contributed by atoms with E-state index in [0.29, 0.717) is 17.8 Å². The summed E-state index contributed by atoms with van der Waals surface area (Å²) in [5.74, 6) is -1.30. The van der Waals surface area contributed by atoms with Gasteiger partial charge in [-0.05, 0) is 42.6 Å². The third-order valence-electron chi connectivity index (χ3n) is 3.02. The molecule has 0 atom stereocenters. The van der Waals surface area contributed by atoms with Crippen LogP contribution >= 0.6 is 11.3 Å². The van der Waals surface area contributed by atoms with Crippen molar-refractivity contribution in [3.05, 3.63) is 58.3 Å². The third kappa shape index (κ3) is 6.23. The number of hydrogen-bond donors (Lipinski definition) is 2. The van der Waals surface area contributed by atoms with E-state index in [1.165, 1.54) is 17.4 Å². The Balaban J connectivity index is 1.83. The molecular formula is C18H18N2O4S. The van der Waals surface area contributed by atoms with Gasteiger partial charge in [-0.2, -0.15) is 0 Å². The van der Waals surface area contributed by atoms with E-state index in [1.54, 1.807) is 30.3 Å². The van der Waals surface area contributed by atoms with E-state index in [4.69, 9.17) is 4.74 Å². The number of carbonyl (C=O) groups is 3. The molecule has 0 bridgehead atoms. The highest BCUT2D eigenvalue weighted by Gasteiger charge is 2.08. The summed E-state index contributed by atoms with van der Waals surface area (Å²) in [5, 5.41) is 7.16. The second-order valence-corrected chi connectivity index (χ2v) is 5.92. The van der Waals surface area contributed by atoms with E-state index in [9.17, 15) is 14.4 Å². The van der Waals surface area contributed by atoms with Crippen molar-refractivity contribution < 1.29 is 19.1 Å². The van der Waals surface area contributed by atoms with E-state index < -0.39 is 18.5 Å². The Morgan fingerprint density at radius 3 is 2.76 bits per heavy atom. The van der Waals surface area contributed by atoms with Crippen LogP contribution in [0.5, 0.6) is 0 Å². The van der Waals surface area contributed by atoms with Crippen molar-refractivity contribution >= 4 is 40.9 Å². The van der Waals surface area contributed by atoms with Crippen molar-refractivity contribution in [3.8, 4) is 0 Å². The van der Waals surface area contributed by atoms with E-state index in [-0.39, 0.29) is 5.91 Å². The Hall–Kier alpha value is -2.93. The molecule has 2 amide bonds. The molecule has 0 unspecified atom stereocenters. The topological polar surface area (TPSA) is 84.5 Å². The zero-order valence-electron chi connectivity index (χ0n) is 13.7. The smallest absolute Gasteiger partial charge is 0.331 e. The van der Waals surface area contributed by atoms with Crippen LogP contribution in [-0.2, 0) is 14.3 Å². The summed E-state index contributed by atoms with van der Waals surface area (Å²) in [7, 11) is 0. The van der Waals surface area contributed by atoms with Crippen LogP contribution in [0.2, 0.25) is 0 Å². The largest absolute Gasteiger partial charge is 0.452 e. The highest BCUT2D eigenvalue weighted by Crippen LogP contribution is 2.11. The number of carbonyl (C=O) groups excluding carboxylic acids is 3. The predicted molar refractivity (Wildman–Crippen MR) is 97.4 cm³/mol. The summed E-state index contributed by atoms with van der Waals surface area (Å²) in [4.78, 5) is 36.1. The van der Waals surface area contributed by atoms with Crippen LogP contribution in [0.25, 0.3) is 6.08 Å². The first-order valence-corrected chi connectivity index (χ1v) is 8.53. The number of amides is 2. The molecule has 2 aromatic rings. The lowest BCUT2D eigenvalue weighted by Gasteiger charge is -2.07. The van der Waals surface area contributed by atoms with Crippen LogP contribution in [0.3, 0.4) is 0 Å². The first-order valence-electron chi connectivity index (χ1n) is 7.65. The molecule has 1 aromatic heterocycles. The Labute approximate surface area is 149 Å². The van der Waals surface area contributed by atoms with E-state index in [1.807, 2.05) is 24.4 Å². The number of benzene rings is 1. The molecule has 7 heteroatoms. The Morgan fingerprint density at radius 2 is 2.04 bits per heavy atom. The van der Waals surface area contributed by atoms with Gasteiger partial charge in [0.2, 0.25) is 0 Å². The third-order valence-corrected chi connectivity index (χ3v) is 3.86. The molecule has 0 saturated carbocycles. The predicted octanol–water partition coefficient (Wildman–Crippen LogP) is 2.69.